The molecule has 0 fully saturated rings. The molecule has 1 heterocycles. The topological polar surface area (TPSA) is 166 Å². The molecule has 0 bridgehead atoms. The Morgan fingerprint density at radius 3 is 2.35 bits per heavy atom. The molecule has 10 nitrogen and oxygen atoms in total. The van der Waals surface area contributed by atoms with Gasteiger partial charge in [-0.2, -0.15) is 0 Å². The Hall–Kier alpha value is -3.40. The Labute approximate surface area is 179 Å². The molecule has 0 saturated heterocycles. The number of nitrogens with one attached hydrogen (secondary N) is 4. The van der Waals surface area contributed by atoms with Crippen molar-refractivity contribution in [3.63, 3.8) is 0 Å². The van der Waals surface area contributed by atoms with Crippen LogP contribution in [-0.4, -0.2) is 58.5 Å². The SMILES string of the molecule is CC(N)C(=O)NC(Cc1c[nH]c2ccccc12)C(=O)NCC(=O)NC(C(=O)O)C(C)C. The maximum absolute atomic E-state index is 12.7. The highest BCUT2D eigenvalue weighted by Gasteiger charge is 2.26. The van der Waals surface area contributed by atoms with Gasteiger partial charge in [-0.3, -0.25) is 14.4 Å². The molecule has 0 aliphatic heterocycles. The summed E-state index contributed by atoms with van der Waals surface area (Å²) < 4.78 is 0. The van der Waals surface area contributed by atoms with E-state index in [1.165, 1.54) is 6.92 Å². The Balaban J connectivity index is 2.08. The summed E-state index contributed by atoms with van der Waals surface area (Å²) in [4.78, 5) is 51.3. The molecule has 2 rings (SSSR count). The maximum Gasteiger partial charge on any atom is 0.326 e. The smallest absolute Gasteiger partial charge is 0.326 e. The lowest BCUT2D eigenvalue weighted by Crippen LogP contribution is -2.54. The van der Waals surface area contributed by atoms with Gasteiger partial charge in [-0.15, -0.1) is 0 Å². The zero-order valence-corrected chi connectivity index (χ0v) is 17.8. The van der Waals surface area contributed by atoms with Gasteiger partial charge in [0.1, 0.15) is 12.1 Å². The minimum Gasteiger partial charge on any atom is -0.480 e. The first kappa shape index (κ1) is 23.9. The number of carbonyl (C=O) groups excluding carboxylic acids is 3. The van der Waals surface area contributed by atoms with Gasteiger partial charge < -0.3 is 31.8 Å². The van der Waals surface area contributed by atoms with Crippen LogP contribution in [0.25, 0.3) is 10.9 Å². The first-order chi connectivity index (χ1) is 14.6. The maximum atomic E-state index is 12.7. The summed E-state index contributed by atoms with van der Waals surface area (Å²) in [6.45, 7) is 4.41. The van der Waals surface area contributed by atoms with E-state index in [9.17, 15) is 24.3 Å². The average molecular weight is 431 g/mol. The van der Waals surface area contributed by atoms with Gasteiger partial charge in [0.05, 0.1) is 12.6 Å². The summed E-state index contributed by atoms with van der Waals surface area (Å²) in [5.74, 6) is -3.20. The zero-order chi connectivity index (χ0) is 23.1. The fraction of sp³-hybridized carbons (Fsp3) is 0.429. The molecule has 168 valence electrons. The first-order valence-electron chi connectivity index (χ1n) is 10.0. The monoisotopic (exact) mass is 431 g/mol. The van der Waals surface area contributed by atoms with Crippen LogP contribution in [0.15, 0.2) is 30.5 Å². The number of carboxylic acid groups (broad SMARTS) is 1. The molecule has 0 saturated carbocycles. The van der Waals surface area contributed by atoms with Crippen LogP contribution in [-0.2, 0) is 25.6 Å². The summed E-state index contributed by atoms with van der Waals surface area (Å²) >= 11 is 0. The summed E-state index contributed by atoms with van der Waals surface area (Å²) in [6, 6.07) is 4.69. The predicted octanol–water partition coefficient (Wildman–Crippen LogP) is -0.116. The van der Waals surface area contributed by atoms with Crippen LogP contribution in [0.5, 0.6) is 0 Å². The number of amides is 3. The Kier molecular flexibility index (Phi) is 8.14. The number of aliphatic carboxylic acids is 1. The van der Waals surface area contributed by atoms with Crippen LogP contribution >= 0.6 is 0 Å². The Morgan fingerprint density at radius 1 is 1.06 bits per heavy atom. The summed E-state index contributed by atoms with van der Waals surface area (Å²) in [7, 11) is 0. The molecule has 0 radical (unpaired) electrons. The summed E-state index contributed by atoms with van der Waals surface area (Å²) in [5.41, 5.74) is 7.32. The highest BCUT2D eigenvalue weighted by Crippen LogP contribution is 2.19. The van der Waals surface area contributed by atoms with Crippen LogP contribution in [0.1, 0.15) is 26.3 Å². The van der Waals surface area contributed by atoms with E-state index < -0.39 is 48.4 Å². The lowest BCUT2D eigenvalue weighted by Gasteiger charge is -2.21. The largest absolute Gasteiger partial charge is 0.480 e. The molecule has 1 aromatic heterocycles. The molecule has 3 atom stereocenters. The Morgan fingerprint density at radius 2 is 1.74 bits per heavy atom. The molecule has 0 aliphatic carbocycles. The normalized spacial score (nSPS) is 14.0. The lowest BCUT2D eigenvalue weighted by molar-refractivity contribution is -0.143. The molecule has 1 aromatic carbocycles. The number of rotatable bonds is 10. The van der Waals surface area contributed by atoms with Crippen LogP contribution in [0, 0.1) is 5.92 Å². The van der Waals surface area contributed by atoms with Crippen LogP contribution in [0.4, 0.5) is 0 Å². The number of nitrogens with two attached hydrogens (primary N) is 1. The molecule has 2 aromatic rings. The van der Waals surface area contributed by atoms with Crippen molar-refractivity contribution in [1.29, 1.82) is 0 Å². The van der Waals surface area contributed by atoms with Crippen molar-refractivity contribution in [3.8, 4) is 0 Å². The number of fused-ring (bicyclic) bond motifs is 1. The molecular weight excluding hydrogens is 402 g/mol. The van der Waals surface area contributed by atoms with Crippen molar-refractivity contribution in [2.75, 3.05) is 6.54 Å². The van der Waals surface area contributed by atoms with E-state index in [-0.39, 0.29) is 12.3 Å². The van der Waals surface area contributed by atoms with E-state index in [4.69, 9.17) is 5.73 Å². The third-order valence-corrected chi connectivity index (χ3v) is 4.82. The van der Waals surface area contributed by atoms with Crippen LogP contribution in [0.2, 0.25) is 0 Å². The van der Waals surface area contributed by atoms with Gasteiger partial charge in [-0.25, -0.2) is 4.79 Å². The lowest BCUT2D eigenvalue weighted by atomic mass is 10.0. The molecular formula is C21H29N5O5. The van der Waals surface area contributed by atoms with Gasteiger partial charge in [-0.1, -0.05) is 32.0 Å². The first-order valence-corrected chi connectivity index (χ1v) is 10.0. The van der Waals surface area contributed by atoms with Crippen molar-refractivity contribution >= 4 is 34.6 Å². The van der Waals surface area contributed by atoms with E-state index in [1.807, 2.05) is 24.3 Å². The number of aromatic amines is 1. The number of hydrogen-bond donors (Lipinski definition) is 6. The minimum atomic E-state index is -1.16. The number of carbonyl (C=O) groups is 4. The van der Waals surface area contributed by atoms with Crippen molar-refractivity contribution in [2.45, 2.75) is 45.3 Å². The number of H-pyrrole nitrogens is 1. The molecule has 3 unspecified atom stereocenters. The summed E-state index contributed by atoms with van der Waals surface area (Å²) in [5, 5.41) is 17.5. The van der Waals surface area contributed by atoms with Crippen molar-refractivity contribution < 1.29 is 24.3 Å². The second kappa shape index (κ2) is 10.6. The van der Waals surface area contributed by atoms with Gasteiger partial charge in [-0.05, 0) is 24.5 Å². The van der Waals surface area contributed by atoms with Crippen LogP contribution < -0.4 is 21.7 Å². The third kappa shape index (κ3) is 6.54. The molecule has 3 amide bonds. The van der Waals surface area contributed by atoms with E-state index in [0.717, 1.165) is 16.5 Å². The summed E-state index contributed by atoms with van der Waals surface area (Å²) in [6.07, 6.45) is 1.94. The van der Waals surface area contributed by atoms with Crippen molar-refractivity contribution in [2.24, 2.45) is 11.7 Å². The van der Waals surface area contributed by atoms with E-state index in [2.05, 4.69) is 20.9 Å². The van der Waals surface area contributed by atoms with Gasteiger partial charge in [0.2, 0.25) is 17.7 Å². The van der Waals surface area contributed by atoms with Gasteiger partial charge in [0.15, 0.2) is 0 Å². The van der Waals surface area contributed by atoms with E-state index in [1.54, 1.807) is 20.0 Å². The highest BCUT2D eigenvalue weighted by atomic mass is 16.4. The third-order valence-electron chi connectivity index (χ3n) is 4.82. The highest BCUT2D eigenvalue weighted by molar-refractivity contribution is 5.93. The van der Waals surface area contributed by atoms with E-state index >= 15 is 0 Å². The average Bonchev–Trinajstić information content (AvgIpc) is 3.12. The molecule has 31 heavy (non-hydrogen) atoms. The van der Waals surface area contributed by atoms with Gasteiger partial charge in [0.25, 0.3) is 0 Å². The number of para-hydroxylation sites is 1. The Bertz CT molecular complexity index is 953. The predicted molar refractivity (Wildman–Crippen MR) is 115 cm³/mol. The molecule has 7 N–H and O–H groups in total. The standard InChI is InChI=1S/C21H29N5O5/c1-11(2)18(21(30)31)26-17(27)10-24-20(29)16(25-19(28)12(3)22)8-13-9-23-15-7-5-4-6-14(13)15/h4-7,9,11-12,16,18,23H,8,10,22H2,1-3H3,(H,24,29)(H,25,28)(H,26,27)(H,30,31). The van der Waals surface area contributed by atoms with Gasteiger partial charge in [0, 0.05) is 23.5 Å². The quantitative estimate of drug-likeness (QED) is 0.307. The molecule has 0 aliphatic rings. The fourth-order valence-electron chi connectivity index (χ4n) is 3.06. The number of benzene rings is 1. The fourth-order valence-corrected chi connectivity index (χ4v) is 3.06. The van der Waals surface area contributed by atoms with Gasteiger partial charge >= 0.3 is 5.97 Å². The van der Waals surface area contributed by atoms with Crippen molar-refractivity contribution in [3.05, 3.63) is 36.0 Å². The molecule has 10 heteroatoms. The second-order valence-corrected chi connectivity index (χ2v) is 7.76. The van der Waals surface area contributed by atoms with Crippen LogP contribution in [0.3, 0.4) is 0 Å². The molecule has 0 spiro atoms. The zero-order valence-electron chi connectivity index (χ0n) is 17.8. The van der Waals surface area contributed by atoms with E-state index in [0.29, 0.717) is 0 Å². The minimum absolute atomic E-state index is 0.180. The second-order valence-electron chi connectivity index (χ2n) is 7.76. The van der Waals surface area contributed by atoms with Crippen molar-refractivity contribution in [1.82, 2.24) is 20.9 Å². The number of carboxylic acids is 1. The number of aromatic nitrogens is 1. The number of hydrogen-bond acceptors (Lipinski definition) is 5.